The summed E-state index contributed by atoms with van der Waals surface area (Å²) in [7, 11) is 0. The monoisotopic (exact) mass is 233 g/mol. The maximum absolute atomic E-state index is 11.1. The fraction of sp³-hybridized carbons (Fsp3) is 0.818. The van der Waals surface area contributed by atoms with Crippen molar-refractivity contribution in [2.75, 3.05) is 6.61 Å². The van der Waals surface area contributed by atoms with Crippen molar-refractivity contribution >= 4 is 11.1 Å². The molecule has 4 heteroatoms. The number of aliphatic hydroxyl groups excluding tert-OH is 1. The van der Waals surface area contributed by atoms with E-state index in [9.17, 15) is 8.76 Å². The molecule has 0 aromatic carbocycles. The van der Waals surface area contributed by atoms with Crippen molar-refractivity contribution in [3.8, 4) is 0 Å². The molecule has 0 bridgehead atoms. The summed E-state index contributed by atoms with van der Waals surface area (Å²) in [6, 6.07) is 0. The van der Waals surface area contributed by atoms with Gasteiger partial charge in [-0.2, -0.15) is 0 Å². The molecule has 0 saturated heterocycles. The molecule has 3 nitrogen and oxygen atoms in total. The molecule has 1 unspecified atom stereocenters. The van der Waals surface area contributed by atoms with Gasteiger partial charge < -0.3 is 9.66 Å². The summed E-state index contributed by atoms with van der Waals surface area (Å²) in [6.45, 7) is 7.63. The van der Waals surface area contributed by atoms with E-state index in [1.807, 2.05) is 13.8 Å². The smallest absolute Gasteiger partial charge is 0.0433 e. The lowest BCUT2D eigenvalue weighted by atomic mass is 9.93. The Labute approximate surface area is 94.9 Å². The lowest BCUT2D eigenvalue weighted by Crippen LogP contribution is -2.26. The fourth-order valence-electron chi connectivity index (χ4n) is 1.65. The molecular formula is C11H21O3S-. The van der Waals surface area contributed by atoms with Gasteiger partial charge in [0.15, 0.2) is 0 Å². The van der Waals surface area contributed by atoms with Crippen LogP contribution in [-0.2, 0) is 11.1 Å². The van der Waals surface area contributed by atoms with E-state index in [1.165, 1.54) is 0 Å². The first-order chi connectivity index (χ1) is 7.02. The third-order valence-corrected chi connectivity index (χ3v) is 3.83. The fourth-order valence-corrected chi connectivity index (χ4v) is 2.63. The van der Waals surface area contributed by atoms with Crippen LogP contribution < -0.4 is 0 Å². The van der Waals surface area contributed by atoms with Gasteiger partial charge in [-0.3, -0.25) is 4.21 Å². The molecule has 0 rings (SSSR count). The summed E-state index contributed by atoms with van der Waals surface area (Å²) in [4.78, 5) is 0. The van der Waals surface area contributed by atoms with Gasteiger partial charge in [0.05, 0.1) is 0 Å². The van der Waals surface area contributed by atoms with Crippen LogP contribution in [0.15, 0.2) is 12.7 Å². The van der Waals surface area contributed by atoms with Crippen molar-refractivity contribution in [3.05, 3.63) is 12.7 Å². The zero-order valence-corrected chi connectivity index (χ0v) is 10.3. The Bertz CT molecular complexity index is 206. The standard InChI is InChI=1S/C11H22O3S/c1-4-5-10(3)11(15(13)14)8-9(2)6-7-12/h4,9-12H,1,5-8H2,2-3H3,(H,13,14)/p-1/t9-,10+,11+/m1/s1. The van der Waals surface area contributed by atoms with Crippen LogP contribution in [0.5, 0.6) is 0 Å². The Morgan fingerprint density at radius 3 is 2.53 bits per heavy atom. The predicted molar refractivity (Wildman–Crippen MR) is 62.2 cm³/mol. The van der Waals surface area contributed by atoms with E-state index in [0.29, 0.717) is 19.3 Å². The van der Waals surface area contributed by atoms with Gasteiger partial charge in [0.1, 0.15) is 0 Å². The first-order valence-electron chi connectivity index (χ1n) is 5.32. The van der Waals surface area contributed by atoms with Crippen LogP contribution in [0.4, 0.5) is 0 Å². The van der Waals surface area contributed by atoms with Gasteiger partial charge in [-0.15, -0.1) is 6.58 Å². The van der Waals surface area contributed by atoms with Crippen LogP contribution in [0, 0.1) is 11.8 Å². The third-order valence-electron chi connectivity index (χ3n) is 2.68. The second-order valence-electron chi connectivity index (χ2n) is 4.15. The second-order valence-corrected chi connectivity index (χ2v) is 5.28. The van der Waals surface area contributed by atoms with Crippen molar-refractivity contribution in [3.63, 3.8) is 0 Å². The summed E-state index contributed by atoms with van der Waals surface area (Å²) in [5, 5.41) is 8.43. The maximum atomic E-state index is 11.1. The lowest BCUT2D eigenvalue weighted by Gasteiger charge is -2.27. The van der Waals surface area contributed by atoms with Crippen molar-refractivity contribution in [1.82, 2.24) is 0 Å². The zero-order valence-electron chi connectivity index (χ0n) is 9.52. The van der Waals surface area contributed by atoms with E-state index in [4.69, 9.17) is 5.11 Å². The predicted octanol–water partition coefficient (Wildman–Crippen LogP) is 1.85. The Balaban J connectivity index is 4.26. The summed E-state index contributed by atoms with van der Waals surface area (Å²) < 4.78 is 22.1. The average Bonchev–Trinajstić information content (AvgIpc) is 2.14. The summed E-state index contributed by atoms with van der Waals surface area (Å²) in [5.41, 5.74) is 0. The van der Waals surface area contributed by atoms with Gasteiger partial charge in [0.2, 0.25) is 0 Å². The summed E-state index contributed by atoms with van der Waals surface area (Å²) in [5.74, 6) is 0.340. The van der Waals surface area contributed by atoms with Crippen LogP contribution in [0.3, 0.4) is 0 Å². The van der Waals surface area contributed by atoms with Crippen molar-refractivity contribution in [2.24, 2.45) is 11.8 Å². The first kappa shape index (κ1) is 14.8. The van der Waals surface area contributed by atoms with E-state index in [1.54, 1.807) is 6.08 Å². The summed E-state index contributed by atoms with van der Waals surface area (Å²) >= 11 is -2.04. The average molecular weight is 233 g/mol. The highest BCUT2D eigenvalue weighted by atomic mass is 32.2. The number of allylic oxidation sites excluding steroid dienone is 1. The Morgan fingerprint density at radius 2 is 2.13 bits per heavy atom. The number of hydrogen-bond acceptors (Lipinski definition) is 3. The molecule has 15 heavy (non-hydrogen) atoms. The molecule has 0 aromatic heterocycles. The molecule has 0 aliphatic heterocycles. The SMILES string of the molecule is C=CC[C@H](C)[C@H](C[C@H](C)CCO)S(=O)[O-]. The van der Waals surface area contributed by atoms with Crippen LogP contribution in [0.2, 0.25) is 0 Å². The van der Waals surface area contributed by atoms with Crippen LogP contribution in [0.25, 0.3) is 0 Å². The number of rotatable bonds is 8. The minimum Gasteiger partial charge on any atom is -0.772 e. The van der Waals surface area contributed by atoms with Crippen molar-refractivity contribution in [1.29, 1.82) is 0 Å². The third kappa shape index (κ3) is 6.07. The van der Waals surface area contributed by atoms with Gasteiger partial charge in [0.25, 0.3) is 0 Å². The molecule has 0 aliphatic rings. The lowest BCUT2D eigenvalue weighted by molar-refractivity contribution is 0.253. The molecule has 4 atom stereocenters. The number of aliphatic hydroxyl groups is 1. The van der Waals surface area contributed by atoms with Crippen LogP contribution in [-0.4, -0.2) is 25.7 Å². The molecular weight excluding hydrogens is 212 g/mol. The molecule has 0 spiro atoms. The highest BCUT2D eigenvalue weighted by Gasteiger charge is 2.19. The topological polar surface area (TPSA) is 60.4 Å². The molecule has 0 fully saturated rings. The molecule has 0 heterocycles. The van der Waals surface area contributed by atoms with Crippen LogP contribution in [0.1, 0.15) is 33.1 Å². The first-order valence-corrected chi connectivity index (χ1v) is 6.46. The van der Waals surface area contributed by atoms with Gasteiger partial charge in [-0.1, -0.05) is 31.0 Å². The van der Waals surface area contributed by atoms with E-state index in [-0.39, 0.29) is 23.7 Å². The number of hydrogen-bond donors (Lipinski definition) is 1. The Morgan fingerprint density at radius 1 is 1.53 bits per heavy atom. The molecule has 90 valence electrons. The molecule has 1 N–H and O–H groups in total. The summed E-state index contributed by atoms with van der Waals surface area (Å²) in [6.07, 6.45) is 3.74. The van der Waals surface area contributed by atoms with E-state index in [2.05, 4.69) is 6.58 Å². The molecule has 0 amide bonds. The van der Waals surface area contributed by atoms with Gasteiger partial charge in [-0.05, 0) is 31.1 Å². The minimum atomic E-state index is -2.04. The second kappa shape index (κ2) is 8.02. The van der Waals surface area contributed by atoms with E-state index >= 15 is 0 Å². The van der Waals surface area contributed by atoms with Crippen molar-refractivity contribution in [2.45, 2.75) is 38.4 Å². The van der Waals surface area contributed by atoms with Crippen LogP contribution >= 0.6 is 0 Å². The zero-order chi connectivity index (χ0) is 11.8. The van der Waals surface area contributed by atoms with Gasteiger partial charge in [0, 0.05) is 11.9 Å². The molecule has 0 saturated carbocycles. The normalized spacial score (nSPS) is 19.2. The Hall–Kier alpha value is -0.190. The molecule has 0 aromatic rings. The highest BCUT2D eigenvalue weighted by molar-refractivity contribution is 7.79. The Kier molecular flexibility index (Phi) is 7.92. The highest BCUT2D eigenvalue weighted by Crippen LogP contribution is 2.22. The molecule has 0 radical (unpaired) electrons. The molecule has 0 aliphatic carbocycles. The van der Waals surface area contributed by atoms with E-state index in [0.717, 1.165) is 0 Å². The largest absolute Gasteiger partial charge is 0.772 e. The minimum absolute atomic E-state index is 0.0991. The van der Waals surface area contributed by atoms with Gasteiger partial charge in [-0.25, -0.2) is 0 Å². The van der Waals surface area contributed by atoms with Gasteiger partial charge >= 0.3 is 0 Å². The quantitative estimate of drug-likeness (QED) is 0.514. The van der Waals surface area contributed by atoms with E-state index < -0.39 is 11.1 Å². The maximum Gasteiger partial charge on any atom is 0.0433 e. The van der Waals surface area contributed by atoms with Crippen molar-refractivity contribution < 1.29 is 13.9 Å².